The number of hydrogen-bond donors (Lipinski definition) is 2. The molecular weight excluding hydrogens is 497 g/mol. The van der Waals surface area contributed by atoms with Gasteiger partial charge in [0.05, 0.1) is 23.8 Å². The minimum absolute atomic E-state index is 0.101. The number of halogens is 1. The standard InChI is InChI=1S/C27H28FN3O5S/c1-4-18-16-22-23(26(32)29-2)24(19-10-12-20(28)13-11-19)36-27(22)30-25(18)31-37(33,34)14-6-8-17-7-5-9-21(15-17)35-3/h5,7,9-13,15-16H,4,6,8,14H2,1-3H3,(H,29,32)(H,30,31). The maximum atomic E-state index is 13.5. The lowest BCUT2D eigenvalue weighted by atomic mass is 10.0. The van der Waals surface area contributed by atoms with Crippen LogP contribution in [0, 0.1) is 5.82 Å². The topological polar surface area (TPSA) is 111 Å². The summed E-state index contributed by atoms with van der Waals surface area (Å²) in [6.07, 6.45) is 1.44. The molecule has 0 aliphatic carbocycles. The second-order valence-corrected chi connectivity index (χ2v) is 10.3. The van der Waals surface area contributed by atoms with Crippen molar-refractivity contribution in [3.63, 3.8) is 0 Å². The minimum atomic E-state index is -3.71. The Hall–Kier alpha value is -3.92. The van der Waals surface area contributed by atoms with Crippen LogP contribution in [0.2, 0.25) is 0 Å². The molecule has 0 aliphatic rings. The number of pyridine rings is 1. The predicted octanol–water partition coefficient (Wildman–Crippen LogP) is 4.94. The van der Waals surface area contributed by atoms with Crippen LogP contribution in [0.4, 0.5) is 10.2 Å². The van der Waals surface area contributed by atoms with Gasteiger partial charge in [-0.05, 0) is 72.9 Å². The molecule has 1 amide bonds. The van der Waals surface area contributed by atoms with E-state index < -0.39 is 21.7 Å². The Morgan fingerprint density at radius 3 is 2.57 bits per heavy atom. The number of ether oxygens (including phenoxy) is 1. The first-order chi connectivity index (χ1) is 17.7. The molecule has 37 heavy (non-hydrogen) atoms. The zero-order valence-electron chi connectivity index (χ0n) is 20.8. The second kappa shape index (κ2) is 11.0. The van der Waals surface area contributed by atoms with Gasteiger partial charge in [0.1, 0.15) is 23.1 Å². The van der Waals surface area contributed by atoms with Crippen LogP contribution in [-0.2, 0) is 22.9 Å². The minimum Gasteiger partial charge on any atom is -0.497 e. The largest absolute Gasteiger partial charge is 0.497 e. The first kappa shape index (κ1) is 26.2. The van der Waals surface area contributed by atoms with Crippen LogP contribution in [0.1, 0.15) is 34.8 Å². The van der Waals surface area contributed by atoms with Crippen molar-refractivity contribution in [3.8, 4) is 17.1 Å². The van der Waals surface area contributed by atoms with Gasteiger partial charge < -0.3 is 14.5 Å². The van der Waals surface area contributed by atoms with Crippen LogP contribution in [0.5, 0.6) is 5.75 Å². The summed E-state index contributed by atoms with van der Waals surface area (Å²) in [5.74, 6) is 0.179. The third kappa shape index (κ3) is 5.91. The molecule has 2 aromatic heterocycles. The maximum Gasteiger partial charge on any atom is 0.255 e. The summed E-state index contributed by atoms with van der Waals surface area (Å²) in [5, 5.41) is 3.04. The SMILES string of the molecule is CCc1cc2c(C(=O)NC)c(-c3ccc(F)cc3)oc2nc1NS(=O)(=O)CCCc1cccc(OC)c1. The van der Waals surface area contributed by atoms with E-state index in [-0.39, 0.29) is 28.6 Å². The van der Waals surface area contributed by atoms with Crippen molar-refractivity contribution in [2.24, 2.45) is 0 Å². The highest BCUT2D eigenvalue weighted by Gasteiger charge is 2.25. The van der Waals surface area contributed by atoms with Gasteiger partial charge in [0.2, 0.25) is 15.7 Å². The average molecular weight is 526 g/mol. The summed E-state index contributed by atoms with van der Waals surface area (Å²) in [5.41, 5.74) is 2.44. The molecule has 2 heterocycles. The molecule has 10 heteroatoms. The molecule has 4 rings (SSSR count). The van der Waals surface area contributed by atoms with Gasteiger partial charge in [-0.25, -0.2) is 12.8 Å². The van der Waals surface area contributed by atoms with Crippen molar-refractivity contribution in [3.05, 3.63) is 77.1 Å². The number of rotatable bonds is 10. The number of nitrogens with one attached hydrogen (secondary N) is 2. The zero-order valence-corrected chi connectivity index (χ0v) is 21.6. The third-order valence-corrected chi connectivity index (χ3v) is 7.30. The van der Waals surface area contributed by atoms with Crippen molar-refractivity contribution in [1.82, 2.24) is 10.3 Å². The van der Waals surface area contributed by atoms with Crippen LogP contribution in [-0.4, -0.2) is 39.2 Å². The Labute approximate surface area is 214 Å². The highest BCUT2D eigenvalue weighted by molar-refractivity contribution is 7.92. The average Bonchev–Trinajstić information content (AvgIpc) is 3.26. The zero-order chi connectivity index (χ0) is 26.6. The Morgan fingerprint density at radius 1 is 1.14 bits per heavy atom. The van der Waals surface area contributed by atoms with Crippen molar-refractivity contribution in [2.75, 3.05) is 24.6 Å². The fourth-order valence-corrected chi connectivity index (χ4v) is 5.17. The molecule has 0 unspecified atom stereocenters. The molecule has 2 aromatic carbocycles. The lowest BCUT2D eigenvalue weighted by Crippen LogP contribution is -2.19. The number of fused-ring (bicyclic) bond motifs is 1. The number of anilines is 1. The van der Waals surface area contributed by atoms with Crippen molar-refractivity contribution >= 4 is 32.8 Å². The quantitative estimate of drug-likeness (QED) is 0.304. The highest BCUT2D eigenvalue weighted by Crippen LogP contribution is 2.35. The summed E-state index contributed by atoms with van der Waals surface area (Å²) in [6, 6.07) is 14.8. The number of sulfonamides is 1. The van der Waals surface area contributed by atoms with E-state index in [2.05, 4.69) is 15.0 Å². The van der Waals surface area contributed by atoms with E-state index in [9.17, 15) is 17.6 Å². The lowest BCUT2D eigenvalue weighted by Gasteiger charge is -2.11. The van der Waals surface area contributed by atoms with E-state index in [0.29, 0.717) is 35.8 Å². The molecule has 0 saturated carbocycles. The highest BCUT2D eigenvalue weighted by atomic mass is 32.2. The number of aryl methyl sites for hydroxylation is 2. The van der Waals surface area contributed by atoms with E-state index in [1.54, 1.807) is 13.2 Å². The van der Waals surface area contributed by atoms with Crippen LogP contribution >= 0.6 is 0 Å². The van der Waals surface area contributed by atoms with Gasteiger partial charge >= 0.3 is 0 Å². The molecule has 0 aliphatic heterocycles. The summed E-state index contributed by atoms with van der Waals surface area (Å²) < 4.78 is 53.0. The molecule has 0 saturated heterocycles. The fraction of sp³-hybridized carbons (Fsp3) is 0.259. The number of aromatic nitrogens is 1. The predicted molar refractivity (Wildman–Crippen MR) is 141 cm³/mol. The van der Waals surface area contributed by atoms with Crippen LogP contribution in [0.15, 0.2) is 59.0 Å². The number of nitrogens with zero attached hydrogens (tertiary/aromatic N) is 1. The van der Waals surface area contributed by atoms with E-state index in [4.69, 9.17) is 9.15 Å². The van der Waals surface area contributed by atoms with Crippen molar-refractivity contribution in [2.45, 2.75) is 26.2 Å². The summed E-state index contributed by atoms with van der Waals surface area (Å²) in [7, 11) is -0.626. The van der Waals surface area contributed by atoms with E-state index in [1.807, 2.05) is 31.2 Å². The Balaban J connectivity index is 1.63. The van der Waals surface area contributed by atoms with Crippen molar-refractivity contribution in [1.29, 1.82) is 0 Å². The number of carbonyl (C=O) groups excluding carboxylic acids is 1. The third-order valence-electron chi connectivity index (χ3n) is 5.97. The van der Waals surface area contributed by atoms with Gasteiger partial charge in [-0.15, -0.1) is 0 Å². The fourth-order valence-electron chi connectivity index (χ4n) is 4.07. The number of hydrogen-bond acceptors (Lipinski definition) is 6. The number of amides is 1. The van der Waals surface area contributed by atoms with E-state index in [0.717, 1.165) is 11.3 Å². The first-order valence-corrected chi connectivity index (χ1v) is 13.5. The lowest BCUT2D eigenvalue weighted by molar-refractivity contribution is 0.0964. The molecule has 0 fully saturated rings. The van der Waals surface area contributed by atoms with Gasteiger partial charge in [0.15, 0.2) is 0 Å². The van der Waals surface area contributed by atoms with Crippen molar-refractivity contribution < 1.29 is 26.8 Å². The smallest absolute Gasteiger partial charge is 0.255 e. The first-order valence-electron chi connectivity index (χ1n) is 11.8. The summed E-state index contributed by atoms with van der Waals surface area (Å²) in [6.45, 7) is 1.87. The van der Waals surface area contributed by atoms with Gasteiger partial charge in [-0.2, -0.15) is 4.98 Å². The summed E-state index contributed by atoms with van der Waals surface area (Å²) >= 11 is 0. The van der Waals surface area contributed by atoms with E-state index in [1.165, 1.54) is 31.3 Å². The monoisotopic (exact) mass is 525 g/mol. The van der Waals surface area contributed by atoms with Gasteiger partial charge in [0.25, 0.3) is 5.91 Å². The number of carbonyl (C=O) groups is 1. The Bertz CT molecular complexity index is 1530. The Morgan fingerprint density at radius 2 is 1.89 bits per heavy atom. The van der Waals surface area contributed by atoms with Crippen LogP contribution < -0.4 is 14.8 Å². The van der Waals surface area contributed by atoms with E-state index >= 15 is 0 Å². The molecule has 0 spiro atoms. The van der Waals surface area contributed by atoms with Gasteiger partial charge in [-0.3, -0.25) is 9.52 Å². The molecule has 194 valence electrons. The number of furan rings is 1. The molecular formula is C27H28FN3O5S. The summed E-state index contributed by atoms with van der Waals surface area (Å²) in [4.78, 5) is 17.2. The van der Waals surface area contributed by atoms with Gasteiger partial charge in [-0.1, -0.05) is 19.1 Å². The molecule has 0 atom stereocenters. The molecule has 0 bridgehead atoms. The molecule has 0 radical (unpaired) electrons. The molecule has 8 nitrogen and oxygen atoms in total. The Kier molecular flexibility index (Phi) is 7.77. The second-order valence-electron chi connectivity index (χ2n) is 8.47. The maximum absolute atomic E-state index is 13.5. The number of methoxy groups -OCH3 is 1. The van der Waals surface area contributed by atoms with Gasteiger partial charge in [0, 0.05) is 12.6 Å². The number of benzene rings is 2. The molecule has 2 N–H and O–H groups in total. The van der Waals surface area contributed by atoms with Crippen LogP contribution in [0.25, 0.3) is 22.4 Å². The van der Waals surface area contributed by atoms with Crippen LogP contribution in [0.3, 0.4) is 0 Å². The normalized spacial score (nSPS) is 11.5. The molecule has 4 aromatic rings.